The standard InChI is InChI=1S/C22H32O7/c1-9-7-21-18(26)10(2)8-22(21,29-21)19(27)11(3)17(28-12(4)23)14-13(20(14,5)6)16(25)15(9)24/h7,10-11,13-18,24-26H,8H2,1-6H3/b9-7+/t10-,11+,13-,14+,15-,16-,17-,18+,21+,22+/m1/s1. The smallest absolute Gasteiger partial charge is 0.302 e. The fourth-order valence-corrected chi connectivity index (χ4v) is 6.41. The maximum Gasteiger partial charge on any atom is 0.302 e. The van der Waals surface area contributed by atoms with Crippen molar-refractivity contribution in [1.29, 1.82) is 0 Å². The molecule has 3 aliphatic carbocycles. The van der Waals surface area contributed by atoms with Gasteiger partial charge >= 0.3 is 5.97 Å². The predicted octanol–water partition coefficient (Wildman–Crippen LogP) is 0.986. The van der Waals surface area contributed by atoms with E-state index >= 15 is 0 Å². The molecule has 1 heterocycles. The predicted molar refractivity (Wildman–Crippen MR) is 103 cm³/mol. The van der Waals surface area contributed by atoms with E-state index in [1.807, 2.05) is 20.8 Å². The number of aliphatic hydroxyl groups is 3. The molecule has 0 unspecified atom stereocenters. The lowest BCUT2D eigenvalue weighted by Crippen LogP contribution is -2.43. The Kier molecular flexibility index (Phi) is 4.43. The second-order valence-electron chi connectivity index (χ2n) is 10.3. The number of esters is 1. The summed E-state index contributed by atoms with van der Waals surface area (Å²) < 4.78 is 11.6. The number of carbonyl (C=O) groups is 2. The van der Waals surface area contributed by atoms with Gasteiger partial charge in [0, 0.05) is 18.8 Å². The summed E-state index contributed by atoms with van der Waals surface area (Å²) in [7, 11) is 0. The van der Waals surface area contributed by atoms with Crippen molar-refractivity contribution in [1.82, 2.24) is 0 Å². The molecule has 29 heavy (non-hydrogen) atoms. The number of Topliss-reactive ketones (excluding diaryl/α,β-unsaturated/α-hetero) is 1. The molecule has 2 saturated carbocycles. The zero-order chi connectivity index (χ0) is 21.7. The lowest BCUT2D eigenvalue weighted by atomic mass is 9.80. The molecule has 162 valence electrons. The zero-order valence-electron chi connectivity index (χ0n) is 17.9. The van der Waals surface area contributed by atoms with E-state index in [-0.39, 0.29) is 23.5 Å². The summed E-state index contributed by atoms with van der Waals surface area (Å²) in [5.74, 6) is -2.10. The van der Waals surface area contributed by atoms with Gasteiger partial charge in [0.15, 0.2) is 17.0 Å². The Balaban J connectivity index is 1.83. The first kappa shape index (κ1) is 21.0. The normalized spacial score (nSPS) is 54.8. The second-order valence-corrected chi connectivity index (χ2v) is 10.3. The van der Waals surface area contributed by atoms with E-state index in [2.05, 4.69) is 0 Å². The summed E-state index contributed by atoms with van der Waals surface area (Å²) in [5, 5.41) is 32.6. The number of epoxide rings is 1. The third-order valence-electron chi connectivity index (χ3n) is 8.08. The van der Waals surface area contributed by atoms with E-state index in [4.69, 9.17) is 9.47 Å². The van der Waals surface area contributed by atoms with Crippen LogP contribution in [0.15, 0.2) is 11.6 Å². The van der Waals surface area contributed by atoms with E-state index in [0.29, 0.717) is 12.0 Å². The Morgan fingerprint density at radius 2 is 1.83 bits per heavy atom. The van der Waals surface area contributed by atoms with Crippen molar-refractivity contribution in [3.8, 4) is 0 Å². The molecule has 0 bridgehead atoms. The van der Waals surface area contributed by atoms with Crippen molar-refractivity contribution in [2.75, 3.05) is 0 Å². The minimum atomic E-state index is -1.20. The summed E-state index contributed by atoms with van der Waals surface area (Å²) in [4.78, 5) is 25.5. The lowest BCUT2D eigenvalue weighted by molar-refractivity contribution is -0.154. The van der Waals surface area contributed by atoms with Crippen molar-refractivity contribution in [2.45, 2.75) is 83.6 Å². The van der Waals surface area contributed by atoms with Crippen LogP contribution in [0.3, 0.4) is 0 Å². The number of hydrogen-bond acceptors (Lipinski definition) is 7. The summed E-state index contributed by atoms with van der Waals surface area (Å²) >= 11 is 0. The number of ether oxygens (including phenoxy) is 2. The molecule has 0 aromatic heterocycles. The molecule has 3 fully saturated rings. The highest BCUT2D eigenvalue weighted by molar-refractivity contribution is 5.96. The largest absolute Gasteiger partial charge is 0.461 e. The van der Waals surface area contributed by atoms with Gasteiger partial charge < -0.3 is 24.8 Å². The van der Waals surface area contributed by atoms with Crippen LogP contribution in [0, 0.1) is 29.1 Å². The Hall–Kier alpha value is -1.28. The number of fused-ring (bicyclic) bond motifs is 1. The molecule has 1 saturated heterocycles. The van der Waals surface area contributed by atoms with E-state index in [1.54, 1.807) is 19.9 Å². The molecule has 0 amide bonds. The SMILES string of the molecule is CC(=O)O[C@H]1[C@@H]2[C@H]([C@@H](O)[C@H](O)/C(C)=C/[C@@]34O[C@@]3(C[C@@H](C)[C@@H]4O)C(=O)[C@H]1C)C2(C)C. The highest BCUT2D eigenvalue weighted by Gasteiger charge is 2.82. The Labute approximate surface area is 171 Å². The van der Waals surface area contributed by atoms with Crippen LogP contribution in [-0.2, 0) is 19.1 Å². The first-order chi connectivity index (χ1) is 13.3. The van der Waals surface area contributed by atoms with Crippen LogP contribution in [0.2, 0.25) is 0 Å². The molecule has 1 aliphatic heterocycles. The topological polar surface area (TPSA) is 117 Å². The van der Waals surface area contributed by atoms with Crippen LogP contribution < -0.4 is 0 Å². The minimum Gasteiger partial charge on any atom is -0.461 e. The van der Waals surface area contributed by atoms with Gasteiger partial charge in [-0.05, 0) is 36.3 Å². The van der Waals surface area contributed by atoms with Crippen molar-refractivity contribution < 1.29 is 34.4 Å². The summed E-state index contributed by atoms with van der Waals surface area (Å²) in [6, 6.07) is 0. The maximum absolute atomic E-state index is 13.7. The van der Waals surface area contributed by atoms with Crippen LogP contribution in [0.25, 0.3) is 0 Å². The number of hydrogen-bond donors (Lipinski definition) is 3. The average Bonchev–Trinajstić information content (AvgIpc) is 3.43. The van der Waals surface area contributed by atoms with Crippen LogP contribution in [0.5, 0.6) is 0 Å². The van der Waals surface area contributed by atoms with Gasteiger partial charge in [-0.3, -0.25) is 9.59 Å². The molecule has 0 radical (unpaired) electrons. The maximum atomic E-state index is 13.7. The first-order valence-corrected chi connectivity index (χ1v) is 10.5. The van der Waals surface area contributed by atoms with Gasteiger partial charge in [0.1, 0.15) is 12.2 Å². The molecular formula is C22H32O7. The van der Waals surface area contributed by atoms with E-state index in [1.165, 1.54) is 6.92 Å². The first-order valence-electron chi connectivity index (χ1n) is 10.5. The van der Waals surface area contributed by atoms with Gasteiger partial charge in [-0.15, -0.1) is 0 Å². The van der Waals surface area contributed by atoms with Crippen LogP contribution in [0.1, 0.15) is 48.0 Å². The van der Waals surface area contributed by atoms with Crippen LogP contribution in [0.4, 0.5) is 0 Å². The van der Waals surface area contributed by atoms with Crippen molar-refractivity contribution >= 4 is 11.8 Å². The Morgan fingerprint density at radius 3 is 2.41 bits per heavy atom. The monoisotopic (exact) mass is 408 g/mol. The number of rotatable bonds is 1. The molecule has 10 atom stereocenters. The summed E-state index contributed by atoms with van der Waals surface area (Å²) in [6.45, 7) is 10.5. The van der Waals surface area contributed by atoms with Gasteiger partial charge in [0.05, 0.1) is 18.1 Å². The molecule has 4 aliphatic rings. The van der Waals surface area contributed by atoms with E-state index in [9.17, 15) is 24.9 Å². The van der Waals surface area contributed by atoms with Gasteiger partial charge in [0.2, 0.25) is 0 Å². The second kappa shape index (κ2) is 6.13. The van der Waals surface area contributed by atoms with Gasteiger partial charge in [-0.2, -0.15) is 0 Å². The van der Waals surface area contributed by atoms with Gasteiger partial charge in [-0.1, -0.05) is 27.7 Å². The Bertz CT molecular complexity index is 788. The molecule has 3 N–H and O–H groups in total. The number of aliphatic hydroxyl groups excluding tert-OH is 3. The van der Waals surface area contributed by atoms with E-state index < -0.39 is 52.9 Å². The number of ketones is 1. The van der Waals surface area contributed by atoms with Crippen molar-refractivity contribution in [3.63, 3.8) is 0 Å². The van der Waals surface area contributed by atoms with Crippen molar-refractivity contribution in [2.24, 2.45) is 29.1 Å². The number of carbonyl (C=O) groups excluding carboxylic acids is 2. The molecule has 0 aromatic carbocycles. The third-order valence-corrected chi connectivity index (χ3v) is 8.08. The molecule has 0 spiro atoms. The lowest BCUT2D eigenvalue weighted by Gasteiger charge is -2.26. The van der Waals surface area contributed by atoms with Gasteiger partial charge in [0.25, 0.3) is 0 Å². The fourth-order valence-electron chi connectivity index (χ4n) is 6.41. The summed E-state index contributed by atoms with van der Waals surface area (Å²) in [6.07, 6.45) is -1.86. The third kappa shape index (κ3) is 2.57. The highest BCUT2D eigenvalue weighted by Crippen LogP contribution is 2.67. The van der Waals surface area contributed by atoms with Crippen LogP contribution in [-0.4, -0.2) is 62.7 Å². The summed E-state index contributed by atoms with van der Waals surface area (Å²) in [5.41, 5.74) is -2.32. The van der Waals surface area contributed by atoms with Crippen LogP contribution >= 0.6 is 0 Å². The Morgan fingerprint density at radius 1 is 1.21 bits per heavy atom. The average molecular weight is 408 g/mol. The minimum absolute atomic E-state index is 0.161. The molecular weight excluding hydrogens is 376 g/mol. The molecule has 0 aromatic rings. The van der Waals surface area contributed by atoms with Crippen molar-refractivity contribution in [3.05, 3.63) is 11.6 Å². The van der Waals surface area contributed by atoms with E-state index in [0.717, 1.165) is 0 Å². The molecule has 7 heteroatoms. The quantitative estimate of drug-likeness (QED) is 0.336. The highest BCUT2D eigenvalue weighted by atomic mass is 16.7. The molecule has 7 nitrogen and oxygen atoms in total. The van der Waals surface area contributed by atoms with Gasteiger partial charge in [-0.25, -0.2) is 0 Å². The fraction of sp³-hybridized carbons (Fsp3) is 0.818. The zero-order valence-corrected chi connectivity index (χ0v) is 17.9. The molecule has 4 rings (SSSR count).